The van der Waals surface area contributed by atoms with Gasteiger partial charge in [-0.15, -0.1) is 0 Å². The maximum Gasteiger partial charge on any atom is 0.304 e. The van der Waals surface area contributed by atoms with Crippen molar-refractivity contribution in [3.63, 3.8) is 0 Å². The zero-order chi connectivity index (χ0) is 24.2. The molecule has 2 heterocycles. The molecule has 35 heavy (non-hydrogen) atoms. The van der Waals surface area contributed by atoms with E-state index in [4.69, 9.17) is 9.47 Å². The van der Waals surface area contributed by atoms with Crippen molar-refractivity contribution < 1.29 is 24.2 Å². The van der Waals surface area contributed by atoms with E-state index in [-0.39, 0.29) is 24.9 Å². The number of carboxylic acids is 1. The number of rotatable bonds is 7. The number of hydrogen-bond acceptors (Lipinski definition) is 5. The number of nitrogens with one attached hydrogen (secondary N) is 1. The standard InChI is InChI=1S/C29H27NO5/c1-17-2-3-18(10-22(17)19-4-6-24-23(12-19)20(15-30-24)13-28(32)33)11-27(31)29(8-9-29)21-5-7-25-26(14-21)35-16-34-25/h2-7,10,12,14,20,30H,8-9,11,13,15-16H2,1H3,(H,32,33). The average Bonchev–Trinajstić information content (AvgIpc) is 3.37. The van der Waals surface area contributed by atoms with Crippen LogP contribution in [0.3, 0.4) is 0 Å². The summed E-state index contributed by atoms with van der Waals surface area (Å²) in [7, 11) is 0. The summed E-state index contributed by atoms with van der Waals surface area (Å²) >= 11 is 0. The maximum atomic E-state index is 13.5. The number of hydrogen-bond donors (Lipinski definition) is 2. The number of carbonyl (C=O) groups excluding carboxylic acids is 1. The highest BCUT2D eigenvalue weighted by molar-refractivity contribution is 5.95. The van der Waals surface area contributed by atoms with E-state index in [2.05, 4.69) is 36.5 Å². The number of anilines is 1. The Labute approximate surface area is 203 Å². The molecule has 6 heteroatoms. The summed E-state index contributed by atoms with van der Waals surface area (Å²) in [6.07, 6.45) is 2.19. The third-order valence-corrected chi connectivity index (χ3v) is 7.64. The number of carboxylic acid groups (broad SMARTS) is 1. The molecule has 6 rings (SSSR count). The highest BCUT2D eigenvalue weighted by Gasteiger charge is 2.50. The number of ether oxygens (including phenoxy) is 2. The van der Waals surface area contributed by atoms with Crippen molar-refractivity contribution in [2.45, 2.75) is 43.9 Å². The molecule has 6 nitrogen and oxygen atoms in total. The molecule has 2 aliphatic heterocycles. The minimum Gasteiger partial charge on any atom is -0.481 e. The molecule has 0 radical (unpaired) electrons. The summed E-state index contributed by atoms with van der Waals surface area (Å²) < 4.78 is 10.9. The molecular formula is C29H27NO5. The van der Waals surface area contributed by atoms with Gasteiger partial charge in [-0.05, 0) is 77.4 Å². The number of carbonyl (C=O) groups is 2. The van der Waals surface area contributed by atoms with Gasteiger partial charge in [-0.3, -0.25) is 9.59 Å². The molecule has 3 aliphatic rings. The Bertz CT molecular complexity index is 1360. The molecule has 1 unspecified atom stereocenters. The SMILES string of the molecule is Cc1ccc(CC(=O)C2(c3ccc4c(c3)OCO4)CC2)cc1-c1ccc2c(c1)C(CC(=O)O)CN2. The summed E-state index contributed by atoms with van der Waals surface area (Å²) in [6, 6.07) is 18.3. The second kappa shape index (κ2) is 8.15. The van der Waals surface area contributed by atoms with Gasteiger partial charge in [0.2, 0.25) is 6.79 Å². The van der Waals surface area contributed by atoms with Crippen molar-refractivity contribution in [2.75, 3.05) is 18.7 Å². The molecule has 1 saturated carbocycles. The molecule has 1 fully saturated rings. The average molecular weight is 470 g/mol. The molecule has 3 aromatic rings. The maximum absolute atomic E-state index is 13.5. The Morgan fingerprint density at radius 1 is 1.03 bits per heavy atom. The molecule has 0 saturated heterocycles. The van der Waals surface area contributed by atoms with Crippen LogP contribution in [-0.2, 0) is 21.4 Å². The van der Waals surface area contributed by atoms with Crippen LogP contribution in [0.4, 0.5) is 5.69 Å². The highest BCUT2D eigenvalue weighted by atomic mass is 16.7. The van der Waals surface area contributed by atoms with Crippen LogP contribution in [0, 0.1) is 6.92 Å². The van der Waals surface area contributed by atoms with Crippen molar-refractivity contribution in [3.8, 4) is 22.6 Å². The van der Waals surface area contributed by atoms with Gasteiger partial charge in [0.25, 0.3) is 0 Å². The van der Waals surface area contributed by atoms with E-state index in [1.807, 2.05) is 30.3 Å². The zero-order valence-corrected chi connectivity index (χ0v) is 19.6. The normalized spacial score (nSPS) is 18.6. The Hall–Kier alpha value is -3.80. The van der Waals surface area contributed by atoms with Crippen LogP contribution in [-0.4, -0.2) is 30.2 Å². The summed E-state index contributed by atoms with van der Waals surface area (Å²) in [5, 5.41) is 12.6. The van der Waals surface area contributed by atoms with Crippen LogP contribution in [0.1, 0.15) is 47.4 Å². The summed E-state index contributed by atoms with van der Waals surface area (Å²) in [5.41, 5.74) is 6.86. The van der Waals surface area contributed by atoms with Crippen LogP contribution >= 0.6 is 0 Å². The molecule has 0 bridgehead atoms. The van der Waals surface area contributed by atoms with E-state index < -0.39 is 11.4 Å². The quantitative estimate of drug-likeness (QED) is 0.494. The molecular weight excluding hydrogens is 442 g/mol. The van der Waals surface area contributed by atoms with Gasteiger partial charge >= 0.3 is 5.97 Å². The first kappa shape index (κ1) is 21.7. The molecule has 3 aromatic carbocycles. The van der Waals surface area contributed by atoms with Gasteiger partial charge in [0, 0.05) is 24.6 Å². The Morgan fingerprint density at radius 3 is 2.66 bits per heavy atom. The highest BCUT2D eigenvalue weighted by Crippen LogP contribution is 2.51. The first-order valence-corrected chi connectivity index (χ1v) is 12.1. The Morgan fingerprint density at radius 2 is 1.86 bits per heavy atom. The van der Waals surface area contributed by atoms with Gasteiger partial charge < -0.3 is 19.9 Å². The van der Waals surface area contributed by atoms with Gasteiger partial charge in [-0.2, -0.15) is 0 Å². The minimum atomic E-state index is -0.789. The van der Waals surface area contributed by atoms with E-state index in [1.54, 1.807) is 0 Å². The van der Waals surface area contributed by atoms with Crippen LogP contribution in [0.25, 0.3) is 11.1 Å². The monoisotopic (exact) mass is 469 g/mol. The molecule has 2 N–H and O–H groups in total. The van der Waals surface area contributed by atoms with E-state index in [1.165, 1.54) is 0 Å². The summed E-state index contributed by atoms with van der Waals surface area (Å²) in [5.74, 6) is 0.847. The van der Waals surface area contributed by atoms with Gasteiger partial charge in [-0.25, -0.2) is 0 Å². The third-order valence-electron chi connectivity index (χ3n) is 7.64. The molecule has 1 aliphatic carbocycles. The molecule has 0 aromatic heterocycles. The van der Waals surface area contributed by atoms with Gasteiger partial charge in [0.05, 0.1) is 11.8 Å². The largest absolute Gasteiger partial charge is 0.481 e. The minimum absolute atomic E-state index is 0.0380. The number of Topliss-reactive ketones (excluding diaryl/α,β-unsaturated/α-hetero) is 1. The fourth-order valence-electron chi connectivity index (χ4n) is 5.46. The molecule has 1 atom stereocenters. The topological polar surface area (TPSA) is 84.9 Å². The number of fused-ring (bicyclic) bond motifs is 2. The van der Waals surface area contributed by atoms with Gasteiger partial charge in [0.15, 0.2) is 11.5 Å². The van der Waals surface area contributed by atoms with Crippen LogP contribution in [0.2, 0.25) is 0 Å². The van der Waals surface area contributed by atoms with Gasteiger partial charge in [-0.1, -0.05) is 30.3 Å². The molecule has 0 spiro atoms. The zero-order valence-electron chi connectivity index (χ0n) is 19.6. The van der Waals surface area contributed by atoms with Crippen molar-refractivity contribution in [1.82, 2.24) is 0 Å². The van der Waals surface area contributed by atoms with Crippen molar-refractivity contribution in [2.24, 2.45) is 0 Å². The first-order chi connectivity index (χ1) is 16.9. The van der Waals surface area contributed by atoms with Crippen molar-refractivity contribution in [3.05, 3.63) is 76.9 Å². The predicted molar refractivity (Wildman–Crippen MR) is 132 cm³/mol. The third kappa shape index (κ3) is 3.83. The lowest BCUT2D eigenvalue weighted by Gasteiger charge is -2.16. The summed E-state index contributed by atoms with van der Waals surface area (Å²) in [4.78, 5) is 24.8. The van der Waals surface area contributed by atoms with E-state index >= 15 is 0 Å². The number of ketones is 1. The second-order valence-corrected chi connectivity index (χ2v) is 9.88. The summed E-state index contributed by atoms with van der Waals surface area (Å²) in [6.45, 7) is 2.93. The number of aliphatic carboxylic acids is 1. The molecule has 0 amide bonds. The van der Waals surface area contributed by atoms with Crippen LogP contribution in [0.15, 0.2) is 54.6 Å². The second-order valence-electron chi connectivity index (χ2n) is 9.88. The van der Waals surface area contributed by atoms with E-state index in [0.29, 0.717) is 18.7 Å². The number of aryl methyl sites for hydroxylation is 1. The van der Waals surface area contributed by atoms with Crippen LogP contribution < -0.4 is 14.8 Å². The van der Waals surface area contributed by atoms with Crippen molar-refractivity contribution >= 4 is 17.4 Å². The fourth-order valence-corrected chi connectivity index (χ4v) is 5.46. The fraction of sp³-hybridized carbons (Fsp3) is 0.310. The van der Waals surface area contributed by atoms with E-state index in [9.17, 15) is 14.7 Å². The lowest BCUT2D eigenvalue weighted by atomic mass is 9.86. The van der Waals surface area contributed by atoms with E-state index in [0.717, 1.165) is 57.7 Å². The van der Waals surface area contributed by atoms with Crippen LogP contribution in [0.5, 0.6) is 11.5 Å². The Kier molecular flexibility index (Phi) is 5.06. The predicted octanol–water partition coefficient (Wildman–Crippen LogP) is 5.22. The lowest BCUT2D eigenvalue weighted by Crippen LogP contribution is -2.22. The Balaban J connectivity index is 1.26. The first-order valence-electron chi connectivity index (χ1n) is 12.1. The molecule has 178 valence electrons. The smallest absolute Gasteiger partial charge is 0.304 e. The van der Waals surface area contributed by atoms with Crippen molar-refractivity contribution in [1.29, 1.82) is 0 Å². The van der Waals surface area contributed by atoms with Gasteiger partial charge in [0.1, 0.15) is 5.78 Å². The lowest BCUT2D eigenvalue weighted by molar-refractivity contribution is -0.137. The number of benzene rings is 3.